The van der Waals surface area contributed by atoms with Crippen molar-refractivity contribution in [1.29, 1.82) is 0 Å². The molecule has 1 aromatic rings. The summed E-state index contributed by atoms with van der Waals surface area (Å²) in [6, 6.07) is -0.149. The maximum absolute atomic E-state index is 5.99. The average Bonchev–Trinajstić information content (AvgIpc) is 2.63. The molecule has 2 N–H and O–H groups in total. The Morgan fingerprint density at radius 3 is 2.53 bits per heavy atom. The Morgan fingerprint density at radius 2 is 2.00 bits per heavy atom. The van der Waals surface area contributed by atoms with Crippen LogP contribution < -0.4 is 5.73 Å². The molecule has 0 aromatic carbocycles. The molecule has 15 heavy (non-hydrogen) atoms. The van der Waals surface area contributed by atoms with E-state index in [2.05, 4.69) is 37.9 Å². The molecule has 1 aromatic heterocycles. The first-order valence-corrected chi connectivity index (χ1v) is 6.18. The molecule has 0 aliphatic carbocycles. The van der Waals surface area contributed by atoms with Crippen LogP contribution in [0.1, 0.15) is 46.0 Å². The van der Waals surface area contributed by atoms with Crippen molar-refractivity contribution >= 4 is 11.8 Å². The summed E-state index contributed by atoms with van der Waals surface area (Å²) in [5.41, 5.74) is 5.99. The van der Waals surface area contributed by atoms with E-state index in [-0.39, 0.29) is 6.04 Å². The van der Waals surface area contributed by atoms with Crippen LogP contribution >= 0.6 is 11.8 Å². The molecule has 4 nitrogen and oxygen atoms in total. The van der Waals surface area contributed by atoms with Crippen molar-refractivity contribution in [3.05, 3.63) is 5.89 Å². The molecule has 1 heterocycles. The fourth-order valence-corrected chi connectivity index (χ4v) is 1.73. The summed E-state index contributed by atoms with van der Waals surface area (Å²) < 4.78 is 5.49. The minimum Gasteiger partial charge on any atom is -0.414 e. The normalized spacial score (nSPS) is 15.6. The zero-order chi connectivity index (χ0) is 11.4. The van der Waals surface area contributed by atoms with Gasteiger partial charge in [0.2, 0.25) is 5.89 Å². The van der Waals surface area contributed by atoms with E-state index in [1.807, 2.05) is 0 Å². The molecule has 0 spiro atoms. The molecule has 0 aliphatic rings. The maximum Gasteiger partial charge on any atom is 0.276 e. The van der Waals surface area contributed by atoms with E-state index in [9.17, 15) is 0 Å². The number of thioether (sulfide) groups is 1. The van der Waals surface area contributed by atoms with E-state index in [0.717, 1.165) is 6.42 Å². The van der Waals surface area contributed by atoms with E-state index >= 15 is 0 Å². The van der Waals surface area contributed by atoms with Crippen molar-refractivity contribution in [2.45, 2.75) is 50.6 Å². The van der Waals surface area contributed by atoms with Crippen LogP contribution in [0.2, 0.25) is 0 Å². The van der Waals surface area contributed by atoms with Gasteiger partial charge in [-0.3, -0.25) is 0 Å². The largest absolute Gasteiger partial charge is 0.414 e. The minimum absolute atomic E-state index is 0.149. The molecule has 0 amide bonds. The fourth-order valence-electron chi connectivity index (χ4n) is 1.10. The Kier molecular flexibility index (Phi) is 4.60. The van der Waals surface area contributed by atoms with Gasteiger partial charge in [0.1, 0.15) is 0 Å². The quantitative estimate of drug-likeness (QED) is 0.786. The third-order valence-corrected chi connectivity index (χ3v) is 3.14. The highest BCUT2D eigenvalue weighted by molar-refractivity contribution is 7.99. The van der Waals surface area contributed by atoms with E-state index in [1.165, 1.54) is 0 Å². The Hall–Kier alpha value is -0.550. The van der Waals surface area contributed by atoms with Crippen LogP contribution in [0.15, 0.2) is 9.64 Å². The molecule has 0 saturated carbocycles. The van der Waals surface area contributed by atoms with Gasteiger partial charge in [-0.15, -0.1) is 10.2 Å². The second-order valence-corrected chi connectivity index (χ2v) is 5.51. The SMILES string of the molecule is CC[C@@H](C)[C@H](N)c1nnc(SC(C)C)o1. The van der Waals surface area contributed by atoms with Crippen LogP contribution in [-0.4, -0.2) is 15.4 Å². The Balaban J connectivity index is 2.66. The lowest BCUT2D eigenvalue weighted by atomic mass is 10.0. The monoisotopic (exact) mass is 229 g/mol. The van der Waals surface area contributed by atoms with Crippen LogP contribution in [0.3, 0.4) is 0 Å². The molecule has 0 aliphatic heterocycles. The lowest BCUT2D eigenvalue weighted by Crippen LogP contribution is -2.18. The van der Waals surface area contributed by atoms with E-state index in [4.69, 9.17) is 10.2 Å². The lowest BCUT2D eigenvalue weighted by molar-refractivity contribution is 0.333. The van der Waals surface area contributed by atoms with Gasteiger partial charge in [0.05, 0.1) is 6.04 Å². The first-order valence-electron chi connectivity index (χ1n) is 5.30. The summed E-state index contributed by atoms with van der Waals surface area (Å²) in [5, 5.41) is 8.99. The van der Waals surface area contributed by atoms with Crippen LogP contribution in [0.4, 0.5) is 0 Å². The number of aromatic nitrogens is 2. The van der Waals surface area contributed by atoms with Crippen molar-refractivity contribution in [3.63, 3.8) is 0 Å². The van der Waals surface area contributed by atoms with Gasteiger partial charge in [0.15, 0.2) is 0 Å². The Labute approximate surface area is 95.0 Å². The number of rotatable bonds is 5. The van der Waals surface area contributed by atoms with Crippen molar-refractivity contribution < 1.29 is 4.42 Å². The van der Waals surface area contributed by atoms with Crippen molar-refractivity contribution in [3.8, 4) is 0 Å². The molecular weight excluding hydrogens is 210 g/mol. The zero-order valence-electron chi connectivity index (χ0n) is 9.73. The summed E-state index contributed by atoms with van der Waals surface area (Å²) in [7, 11) is 0. The molecular formula is C10H19N3OS. The third kappa shape index (κ3) is 3.50. The van der Waals surface area contributed by atoms with Crippen LogP contribution in [-0.2, 0) is 0 Å². The predicted octanol–water partition coefficient (Wildman–Crippen LogP) is 2.62. The third-order valence-electron chi connectivity index (χ3n) is 2.30. The molecule has 0 fully saturated rings. The Bertz CT molecular complexity index is 301. The molecule has 2 atom stereocenters. The van der Waals surface area contributed by atoms with Crippen molar-refractivity contribution in [1.82, 2.24) is 10.2 Å². The van der Waals surface area contributed by atoms with Gasteiger partial charge in [0, 0.05) is 5.25 Å². The topological polar surface area (TPSA) is 64.9 Å². The fraction of sp³-hybridized carbons (Fsp3) is 0.800. The first kappa shape index (κ1) is 12.5. The number of hydrogen-bond donors (Lipinski definition) is 1. The minimum atomic E-state index is -0.149. The van der Waals surface area contributed by atoms with Crippen molar-refractivity contribution in [2.75, 3.05) is 0 Å². The highest BCUT2D eigenvalue weighted by Crippen LogP contribution is 2.25. The molecule has 1 rings (SSSR count). The standard InChI is InChI=1S/C10H19N3OS/c1-5-7(4)8(11)9-12-13-10(14-9)15-6(2)3/h6-8H,5,11H2,1-4H3/t7-,8+/m1/s1. The molecule has 0 radical (unpaired) electrons. The molecule has 86 valence electrons. The zero-order valence-corrected chi connectivity index (χ0v) is 10.5. The van der Waals surface area contributed by atoms with Gasteiger partial charge in [-0.2, -0.15) is 0 Å². The van der Waals surface area contributed by atoms with Gasteiger partial charge in [-0.25, -0.2) is 0 Å². The van der Waals surface area contributed by atoms with Gasteiger partial charge in [-0.05, 0) is 5.92 Å². The van der Waals surface area contributed by atoms with Crippen LogP contribution in [0.25, 0.3) is 0 Å². The van der Waals surface area contributed by atoms with E-state index in [1.54, 1.807) is 11.8 Å². The van der Waals surface area contributed by atoms with Crippen LogP contribution in [0, 0.1) is 5.92 Å². The highest BCUT2D eigenvalue weighted by atomic mass is 32.2. The summed E-state index contributed by atoms with van der Waals surface area (Å²) in [5.74, 6) is 0.912. The molecule has 0 saturated heterocycles. The van der Waals surface area contributed by atoms with Gasteiger partial charge in [-0.1, -0.05) is 45.9 Å². The maximum atomic E-state index is 5.99. The smallest absolute Gasteiger partial charge is 0.276 e. The van der Waals surface area contributed by atoms with Gasteiger partial charge >= 0.3 is 0 Å². The second kappa shape index (κ2) is 5.51. The number of nitrogens with two attached hydrogens (primary N) is 1. The predicted molar refractivity (Wildman–Crippen MR) is 61.7 cm³/mol. The Morgan fingerprint density at radius 1 is 1.33 bits per heavy atom. The van der Waals surface area contributed by atoms with E-state index < -0.39 is 0 Å². The first-order chi connectivity index (χ1) is 7.04. The summed E-state index contributed by atoms with van der Waals surface area (Å²) in [4.78, 5) is 0. The molecule has 0 unspecified atom stereocenters. The number of hydrogen-bond acceptors (Lipinski definition) is 5. The molecule has 5 heteroatoms. The van der Waals surface area contributed by atoms with Crippen LogP contribution in [0.5, 0.6) is 0 Å². The summed E-state index contributed by atoms with van der Waals surface area (Å²) in [6.45, 7) is 8.36. The molecule has 0 bridgehead atoms. The lowest BCUT2D eigenvalue weighted by Gasteiger charge is -2.13. The number of nitrogens with zero attached hydrogens (tertiary/aromatic N) is 2. The van der Waals surface area contributed by atoms with Crippen molar-refractivity contribution in [2.24, 2.45) is 11.7 Å². The average molecular weight is 229 g/mol. The van der Waals surface area contributed by atoms with E-state index in [0.29, 0.717) is 22.3 Å². The van der Waals surface area contributed by atoms with Gasteiger partial charge < -0.3 is 10.2 Å². The van der Waals surface area contributed by atoms with Gasteiger partial charge in [0.25, 0.3) is 5.22 Å². The highest BCUT2D eigenvalue weighted by Gasteiger charge is 2.20. The summed E-state index contributed by atoms with van der Waals surface area (Å²) >= 11 is 1.56. The second-order valence-electron chi connectivity index (χ2n) is 3.98. The summed E-state index contributed by atoms with van der Waals surface area (Å²) in [6.07, 6.45) is 1.01.